The first-order chi connectivity index (χ1) is 20.5. The van der Waals surface area contributed by atoms with Crippen LogP contribution in [0, 0.1) is 20.8 Å². The zero-order valence-corrected chi connectivity index (χ0v) is 26.7. The molecule has 1 aliphatic carbocycles. The van der Waals surface area contributed by atoms with Gasteiger partial charge >= 0.3 is 0 Å². The number of benzene rings is 3. The second-order valence-electron chi connectivity index (χ2n) is 11.9. The average Bonchev–Trinajstić information content (AvgIpc) is 3.47. The third-order valence-electron chi connectivity index (χ3n) is 8.40. The van der Waals surface area contributed by atoms with Crippen LogP contribution >= 0.6 is 0 Å². The standard InChI is InChI=1S/C35H45N3O4S/c1-26-13-10-17-30(23-26)25-37(33(24-29-15-6-5-7-16-29)35(40)36-31-18-8-9-19-31)34(39)21-12-22-38(43(4,41)42)32-20-11-14-27(2)28(32)3/h5-7,10-11,13-17,20,23,31,33H,8-9,12,18-19,21-22,24-25H2,1-4H3,(H,36,40)/t33-/m1/s1. The summed E-state index contributed by atoms with van der Waals surface area (Å²) in [5, 5.41) is 3.24. The fourth-order valence-corrected chi connectivity index (χ4v) is 6.93. The van der Waals surface area contributed by atoms with E-state index in [0.29, 0.717) is 25.1 Å². The van der Waals surface area contributed by atoms with E-state index in [0.717, 1.165) is 53.5 Å². The predicted octanol–water partition coefficient (Wildman–Crippen LogP) is 5.86. The SMILES string of the molecule is Cc1cccc(CN(C(=O)CCCN(c2cccc(C)c2C)S(C)(=O)=O)[C@H](Cc2ccccc2)C(=O)NC2CCCC2)c1. The van der Waals surface area contributed by atoms with E-state index in [1.807, 2.05) is 87.5 Å². The summed E-state index contributed by atoms with van der Waals surface area (Å²) < 4.78 is 27.0. The van der Waals surface area contributed by atoms with Gasteiger partial charge in [-0.25, -0.2) is 8.42 Å². The molecule has 1 aliphatic rings. The molecule has 43 heavy (non-hydrogen) atoms. The van der Waals surface area contributed by atoms with Crippen molar-refractivity contribution in [3.05, 3.63) is 101 Å². The molecule has 0 saturated heterocycles. The van der Waals surface area contributed by atoms with E-state index in [9.17, 15) is 18.0 Å². The number of rotatable bonds is 13. The molecule has 0 heterocycles. The summed E-state index contributed by atoms with van der Waals surface area (Å²) in [5.74, 6) is -0.302. The number of nitrogens with one attached hydrogen (secondary N) is 1. The van der Waals surface area contributed by atoms with E-state index in [1.54, 1.807) is 11.0 Å². The second-order valence-corrected chi connectivity index (χ2v) is 13.8. The maximum atomic E-state index is 14.1. The van der Waals surface area contributed by atoms with Crippen molar-refractivity contribution < 1.29 is 18.0 Å². The van der Waals surface area contributed by atoms with Gasteiger partial charge in [0.2, 0.25) is 21.8 Å². The van der Waals surface area contributed by atoms with Crippen LogP contribution in [0.5, 0.6) is 0 Å². The molecule has 8 heteroatoms. The van der Waals surface area contributed by atoms with E-state index in [1.165, 1.54) is 10.6 Å². The molecule has 0 aromatic heterocycles. The van der Waals surface area contributed by atoms with E-state index < -0.39 is 16.1 Å². The Hall–Kier alpha value is -3.65. The number of amides is 2. The quantitative estimate of drug-likeness (QED) is 0.265. The number of anilines is 1. The second kappa shape index (κ2) is 14.7. The Morgan fingerprint density at radius 2 is 1.58 bits per heavy atom. The maximum Gasteiger partial charge on any atom is 0.243 e. The highest BCUT2D eigenvalue weighted by Gasteiger charge is 2.32. The smallest absolute Gasteiger partial charge is 0.243 e. The summed E-state index contributed by atoms with van der Waals surface area (Å²) >= 11 is 0. The summed E-state index contributed by atoms with van der Waals surface area (Å²) in [4.78, 5) is 29.7. The van der Waals surface area contributed by atoms with Gasteiger partial charge in [0.05, 0.1) is 11.9 Å². The summed E-state index contributed by atoms with van der Waals surface area (Å²) in [6, 6.07) is 22.8. The first kappa shape index (κ1) is 32.3. The lowest BCUT2D eigenvalue weighted by atomic mass is 10.0. The van der Waals surface area contributed by atoms with E-state index in [-0.39, 0.29) is 30.8 Å². The van der Waals surface area contributed by atoms with E-state index in [2.05, 4.69) is 5.32 Å². The van der Waals surface area contributed by atoms with Gasteiger partial charge in [-0.1, -0.05) is 85.1 Å². The summed E-state index contributed by atoms with van der Waals surface area (Å²) in [7, 11) is -3.57. The average molecular weight is 604 g/mol. The van der Waals surface area contributed by atoms with Gasteiger partial charge in [-0.3, -0.25) is 13.9 Å². The van der Waals surface area contributed by atoms with Crippen LogP contribution in [-0.2, 0) is 32.6 Å². The molecular formula is C35H45N3O4S. The fourth-order valence-electron chi connectivity index (χ4n) is 5.92. The minimum atomic E-state index is -3.57. The highest BCUT2D eigenvalue weighted by molar-refractivity contribution is 7.92. The Bertz CT molecular complexity index is 1500. The Morgan fingerprint density at radius 1 is 0.907 bits per heavy atom. The van der Waals surface area contributed by atoms with Crippen LogP contribution in [0.3, 0.4) is 0 Å². The van der Waals surface area contributed by atoms with Gasteiger partial charge in [0.1, 0.15) is 6.04 Å². The third-order valence-corrected chi connectivity index (χ3v) is 9.58. The highest BCUT2D eigenvalue weighted by Crippen LogP contribution is 2.26. The summed E-state index contributed by atoms with van der Waals surface area (Å²) in [6.45, 7) is 6.34. The van der Waals surface area contributed by atoms with Crippen molar-refractivity contribution in [1.82, 2.24) is 10.2 Å². The summed E-state index contributed by atoms with van der Waals surface area (Å²) in [5.41, 5.74) is 5.54. The van der Waals surface area contributed by atoms with Gasteiger partial charge in [-0.05, 0) is 68.4 Å². The summed E-state index contributed by atoms with van der Waals surface area (Å²) in [6.07, 6.45) is 6.13. The molecule has 3 aromatic rings. The van der Waals surface area contributed by atoms with Crippen molar-refractivity contribution in [3.8, 4) is 0 Å². The van der Waals surface area contributed by atoms with Crippen LogP contribution in [0.1, 0.15) is 66.3 Å². The highest BCUT2D eigenvalue weighted by atomic mass is 32.2. The molecule has 0 radical (unpaired) electrons. The maximum absolute atomic E-state index is 14.1. The first-order valence-electron chi connectivity index (χ1n) is 15.3. The largest absolute Gasteiger partial charge is 0.352 e. The Balaban J connectivity index is 1.60. The van der Waals surface area contributed by atoms with Crippen LogP contribution in [-0.4, -0.2) is 50.0 Å². The van der Waals surface area contributed by atoms with Crippen molar-refractivity contribution in [2.75, 3.05) is 17.1 Å². The molecule has 0 unspecified atom stereocenters. The minimum Gasteiger partial charge on any atom is -0.352 e. The molecule has 4 rings (SSSR count). The van der Waals surface area contributed by atoms with Gasteiger partial charge in [0.15, 0.2) is 0 Å². The molecular weight excluding hydrogens is 558 g/mol. The zero-order chi connectivity index (χ0) is 31.0. The van der Waals surface area contributed by atoms with Gasteiger partial charge in [-0.2, -0.15) is 0 Å². The number of sulfonamides is 1. The molecule has 1 atom stereocenters. The van der Waals surface area contributed by atoms with Crippen LogP contribution in [0.2, 0.25) is 0 Å². The van der Waals surface area contributed by atoms with Gasteiger partial charge < -0.3 is 10.2 Å². The Morgan fingerprint density at radius 3 is 2.26 bits per heavy atom. The lowest BCUT2D eigenvalue weighted by molar-refractivity contribution is -0.141. The predicted molar refractivity (Wildman–Crippen MR) is 173 cm³/mol. The molecule has 1 N–H and O–H groups in total. The van der Waals surface area contributed by atoms with Crippen molar-refractivity contribution in [2.24, 2.45) is 0 Å². The molecule has 1 saturated carbocycles. The first-order valence-corrected chi connectivity index (χ1v) is 17.1. The van der Waals surface area contributed by atoms with Crippen LogP contribution in [0.15, 0.2) is 72.8 Å². The van der Waals surface area contributed by atoms with E-state index in [4.69, 9.17) is 0 Å². The monoisotopic (exact) mass is 603 g/mol. The fraction of sp³-hybridized carbons (Fsp3) is 0.429. The molecule has 7 nitrogen and oxygen atoms in total. The zero-order valence-electron chi connectivity index (χ0n) is 25.9. The lowest BCUT2D eigenvalue weighted by Gasteiger charge is -2.33. The third kappa shape index (κ3) is 8.92. The molecule has 230 valence electrons. The van der Waals surface area contributed by atoms with Crippen LogP contribution in [0.25, 0.3) is 0 Å². The topological polar surface area (TPSA) is 86.8 Å². The molecule has 3 aromatic carbocycles. The lowest BCUT2D eigenvalue weighted by Crippen LogP contribution is -2.52. The van der Waals surface area contributed by atoms with Crippen molar-refractivity contribution in [3.63, 3.8) is 0 Å². The van der Waals surface area contributed by atoms with Crippen molar-refractivity contribution in [1.29, 1.82) is 0 Å². The molecule has 1 fully saturated rings. The number of carbonyl (C=O) groups excluding carboxylic acids is 2. The number of carbonyl (C=O) groups is 2. The van der Waals surface area contributed by atoms with Crippen molar-refractivity contribution >= 4 is 27.5 Å². The Kier molecular flexibility index (Phi) is 11.0. The number of aryl methyl sites for hydroxylation is 2. The molecule has 0 spiro atoms. The number of hydrogen-bond acceptors (Lipinski definition) is 4. The van der Waals surface area contributed by atoms with Gasteiger partial charge in [-0.15, -0.1) is 0 Å². The van der Waals surface area contributed by atoms with Gasteiger partial charge in [0.25, 0.3) is 0 Å². The minimum absolute atomic E-state index is 0.116. The van der Waals surface area contributed by atoms with Gasteiger partial charge in [0, 0.05) is 32.0 Å². The van der Waals surface area contributed by atoms with E-state index >= 15 is 0 Å². The normalized spacial score (nSPS) is 14.3. The molecule has 2 amide bonds. The molecule has 0 aliphatic heterocycles. The van der Waals surface area contributed by atoms with Crippen molar-refractivity contribution in [2.45, 2.75) is 84.3 Å². The number of hydrogen-bond donors (Lipinski definition) is 1. The van der Waals surface area contributed by atoms with Crippen LogP contribution in [0.4, 0.5) is 5.69 Å². The number of nitrogens with zero attached hydrogens (tertiary/aromatic N) is 2. The Labute approximate surface area is 257 Å². The molecule has 0 bridgehead atoms. The van der Waals surface area contributed by atoms with Crippen LogP contribution < -0.4 is 9.62 Å².